The van der Waals surface area contributed by atoms with Gasteiger partial charge in [-0.25, -0.2) is 4.98 Å². The van der Waals surface area contributed by atoms with E-state index in [9.17, 15) is 40.3 Å². The molecule has 0 bridgehead atoms. The number of carbonyl (C=O) groups excluding carboxylic acids is 3. The lowest BCUT2D eigenvalue weighted by atomic mass is 9.75. The van der Waals surface area contributed by atoms with Crippen molar-refractivity contribution in [2.24, 2.45) is 11.8 Å². The minimum absolute atomic E-state index is 0.00681. The summed E-state index contributed by atoms with van der Waals surface area (Å²) in [6.45, 7) is 2.79. The molecule has 0 amide bonds. The van der Waals surface area contributed by atoms with Gasteiger partial charge in [-0.2, -0.15) is 40.4 Å². The number of rotatable bonds is 14. The summed E-state index contributed by atoms with van der Waals surface area (Å²) >= 11 is 2.39. The average molecular weight is 645 g/mol. The van der Waals surface area contributed by atoms with E-state index in [4.69, 9.17) is 0 Å². The number of ketones is 3. The van der Waals surface area contributed by atoms with Crippen molar-refractivity contribution in [3.63, 3.8) is 0 Å². The molecule has 0 radical (unpaired) electrons. The Morgan fingerprint density at radius 3 is 1.85 bits per heavy atom. The van der Waals surface area contributed by atoms with Gasteiger partial charge in [-0.1, -0.05) is 30.7 Å². The van der Waals surface area contributed by atoms with Crippen LogP contribution in [0.2, 0.25) is 0 Å². The Balaban J connectivity index is 1.95. The van der Waals surface area contributed by atoms with Crippen LogP contribution in [0.4, 0.5) is 0 Å². The first-order chi connectivity index (χ1) is 19.2. The van der Waals surface area contributed by atoms with Crippen LogP contribution in [0, 0.1) is 11.8 Å². The maximum absolute atomic E-state index is 14.1. The molecule has 224 valence electrons. The lowest BCUT2D eigenvalue weighted by Crippen LogP contribution is -2.35. The Kier molecular flexibility index (Phi) is 11.7. The predicted octanol–water partition coefficient (Wildman–Crippen LogP) is 3.89. The molecule has 1 aromatic heterocycles. The molecule has 2 N–H and O–H groups in total. The second-order valence-electron chi connectivity index (χ2n) is 9.76. The normalized spacial score (nSPS) is 19.5. The minimum Gasteiger partial charge on any atom is -0.299 e. The lowest BCUT2D eigenvalue weighted by molar-refractivity contribution is -0.129. The summed E-state index contributed by atoms with van der Waals surface area (Å²) in [5, 5.41) is -1.08. The van der Waals surface area contributed by atoms with Gasteiger partial charge in [0, 0.05) is 41.1 Å². The van der Waals surface area contributed by atoms with Gasteiger partial charge < -0.3 is 0 Å². The van der Waals surface area contributed by atoms with E-state index in [0.717, 1.165) is 17.3 Å². The van der Waals surface area contributed by atoms with Gasteiger partial charge >= 0.3 is 0 Å². The van der Waals surface area contributed by atoms with E-state index in [1.807, 2.05) is 0 Å². The van der Waals surface area contributed by atoms with Crippen molar-refractivity contribution >= 4 is 61.1 Å². The van der Waals surface area contributed by atoms with Gasteiger partial charge in [0.1, 0.15) is 11.5 Å². The number of hydrogen-bond acceptors (Lipinski definition) is 11. The molecule has 4 unspecified atom stereocenters. The quantitative estimate of drug-likeness (QED) is 0.223. The molecule has 11 nitrogen and oxygen atoms in total. The molecule has 41 heavy (non-hydrogen) atoms. The summed E-state index contributed by atoms with van der Waals surface area (Å²) in [5.74, 6) is -2.64. The number of aromatic nitrogens is 2. The van der Waals surface area contributed by atoms with Gasteiger partial charge in [0.2, 0.25) is 0 Å². The number of Topliss-reactive ketones (excluding diaryl/α,β-unsaturated/α-hetero) is 3. The van der Waals surface area contributed by atoms with Crippen molar-refractivity contribution in [2.75, 3.05) is 23.0 Å². The third kappa shape index (κ3) is 9.96. The summed E-state index contributed by atoms with van der Waals surface area (Å²) in [6, 6.07) is 6.78. The van der Waals surface area contributed by atoms with Gasteiger partial charge in [-0.15, -0.1) is 0 Å². The van der Waals surface area contributed by atoms with E-state index in [0.29, 0.717) is 30.5 Å². The fourth-order valence-corrected chi connectivity index (χ4v) is 9.32. The fourth-order valence-electron chi connectivity index (χ4n) is 4.71. The smallest absolute Gasteiger partial charge is 0.265 e. The van der Waals surface area contributed by atoms with E-state index < -0.39 is 54.1 Å². The van der Waals surface area contributed by atoms with E-state index >= 15 is 0 Å². The van der Waals surface area contributed by atoms with Crippen LogP contribution < -0.4 is 0 Å². The first kappa shape index (κ1) is 33.3. The van der Waals surface area contributed by atoms with Crippen LogP contribution in [0.25, 0.3) is 0 Å². The third-order valence-electron chi connectivity index (χ3n) is 6.74. The average Bonchev–Trinajstić information content (AvgIpc) is 2.89. The van der Waals surface area contributed by atoms with E-state index in [1.54, 1.807) is 24.3 Å². The van der Waals surface area contributed by atoms with E-state index in [2.05, 4.69) is 9.97 Å². The first-order valence-corrected chi connectivity index (χ1v) is 18.1. The zero-order valence-electron chi connectivity index (χ0n) is 22.5. The Bertz CT molecular complexity index is 1350. The second-order valence-corrected chi connectivity index (χ2v) is 15.4. The van der Waals surface area contributed by atoms with Crippen LogP contribution in [-0.4, -0.2) is 76.3 Å². The Morgan fingerprint density at radius 1 is 0.854 bits per heavy atom. The standard InChI is InChI=1S/C26H32N2O9S4/c1-16(29)18-6-8-19(9-7-18)25(38-10-12-40(32,33)34)20-4-3-5-21(24(20)31)26(39-11-13-41(35,36)37)23-15-27-22(14-28-23)17(2)30/h6-9,14-15,20-21,25-26H,3-5,10-13H2,1-2H3,(H,32,33,34)(H,35,36,37). The molecule has 0 spiro atoms. The summed E-state index contributed by atoms with van der Waals surface area (Å²) < 4.78 is 64.0. The fraction of sp³-hybridized carbons (Fsp3) is 0.500. The van der Waals surface area contributed by atoms with Crippen LogP contribution in [0.1, 0.15) is 75.7 Å². The van der Waals surface area contributed by atoms with Crippen molar-refractivity contribution in [2.45, 2.75) is 43.6 Å². The highest BCUT2D eigenvalue weighted by Gasteiger charge is 2.42. The molecular weight excluding hydrogens is 613 g/mol. The molecule has 1 saturated carbocycles. The Morgan fingerprint density at radius 2 is 1.39 bits per heavy atom. The highest BCUT2D eigenvalue weighted by molar-refractivity contribution is 8.00. The van der Waals surface area contributed by atoms with Crippen LogP contribution in [-0.2, 0) is 25.0 Å². The summed E-state index contributed by atoms with van der Waals surface area (Å²) in [6.07, 6.45) is 4.36. The topological polar surface area (TPSA) is 186 Å². The Labute approximate surface area is 248 Å². The SMILES string of the molecule is CC(=O)c1ccc(C(SCCS(=O)(=O)O)C2CCCC(C(SCCS(=O)(=O)O)c3cnc(C(C)=O)cn3)C2=O)cc1. The zero-order valence-corrected chi connectivity index (χ0v) is 25.8. The van der Waals surface area contributed by atoms with Gasteiger partial charge in [-0.3, -0.25) is 28.5 Å². The third-order valence-corrected chi connectivity index (χ3v) is 11.5. The maximum atomic E-state index is 14.1. The molecular formula is C26H32N2O9S4. The first-order valence-electron chi connectivity index (χ1n) is 12.8. The minimum atomic E-state index is -4.24. The highest BCUT2D eigenvalue weighted by atomic mass is 32.2. The molecule has 1 aliphatic rings. The number of hydrogen-bond donors (Lipinski definition) is 2. The van der Waals surface area contributed by atoms with Gasteiger partial charge in [0.25, 0.3) is 20.2 Å². The number of nitrogens with zero attached hydrogens (tertiary/aromatic N) is 2. The summed E-state index contributed by atoms with van der Waals surface area (Å²) in [4.78, 5) is 46.1. The largest absolute Gasteiger partial charge is 0.299 e. The van der Waals surface area contributed by atoms with Crippen LogP contribution in [0.3, 0.4) is 0 Å². The monoisotopic (exact) mass is 644 g/mol. The van der Waals surface area contributed by atoms with Crippen molar-refractivity contribution in [1.82, 2.24) is 9.97 Å². The van der Waals surface area contributed by atoms with Crippen molar-refractivity contribution in [1.29, 1.82) is 0 Å². The molecule has 2 aromatic rings. The molecule has 0 saturated heterocycles. The molecule has 1 fully saturated rings. The molecule has 1 aliphatic carbocycles. The van der Waals surface area contributed by atoms with Crippen LogP contribution in [0.5, 0.6) is 0 Å². The Hall–Kier alpha value is -2.17. The van der Waals surface area contributed by atoms with Crippen molar-refractivity contribution < 1.29 is 40.3 Å². The molecule has 15 heteroatoms. The van der Waals surface area contributed by atoms with E-state index in [1.165, 1.54) is 38.0 Å². The van der Waals surface area contributed by atoms with Crippen molar-refractivity contribution in [3.05, 3.63) is 59.2 Å². The highest BCUT2D eigenvalue weighted by Crippen LogP contribution is 2.48. The molecule has 4 atom stereocenters. The van der Waals surface area contributed by atoms with Crippen LogP contribution in [0.15, 0.2) is 36.7 Å². The maximum Gasteiger partial charge on any atom is 0.265 e. The zero-order chi connectivity index (χ0) is 30.4. The van der Waals surface area contributed by atoms with Crippen molar-refractivity contribution in [3.8, 4) is 0 Å². The molecule has 1 heterocycles. The van der Waals surface area contributed by atoms with Gasteiger partial charge in [0.05, 0.1) is 34.8 Å². The number of thioether (sulfide) groups is 2. The molecule has 1 aromatic carbocycles. The predicted molar refractivity (Wildman–Crippen MR) is 158 cm³/mol. The van der Waals surface area contributed by atoms with E-state index in [-0.39, 0.29) is 34.5 Å². The van der Waals surface area contributed by atoms with Gasteiger partial charge in [0.15, 0.2) is 11.6 Å². The number of benzene rings is 1. The summed E-state index contributed by atoms with van der Waals surface area (Å²) in [5.41, 5.74) is 1.77. The second kappa shape index (κ2) is 14.3. The summed E-state index contributed by atoms with van der Waals surface area (Å²) in [7, 11) is -8.46. The number of carbonyl (C=O) groups is 3. The molecule has 3 rings (SSSR count). The van der Waals surface area contributed by atoms with Gasteiger partial charge in [-0.05, 0) is 25.3 Å². The van der Waals surface area contributed by atoms with Crippen LogP contribution >= 0.6 is 23.5 Å². The lowest BCUT2D eigenvalue weighted by Gasteiger charge is -2.36. The molecule has 0 aliphatic heterocycles.